The van der Waals surface area contributed by atoms with Gasteiger partial charge < -0.3 is 9.30 Å². The summed E-state index contributed by atoms with van der Waals surface area (Å²) in [5.41, 5.74) is 0. The zero-order chi connectivity index (χ0) is 11.5. The van der Waals surface area contributed by atoms with E-state index in [0.29, 0.717) is 30.3 Å². The van der Waals surface area contributed by atoms with Crippen LogP contribution in [0.3, 0.4) is 0 Å². The maximum Gasteiger partial charge on any atom is 0.307 e. The molecular formula is C10H15N3O2S. The van der Waals surface area contributed by atoms with E-state index in [0.717, 1.165) is 5.82 Å². The van der Waals surface area contributed by atoms with Gasteiger partial charge in [0.05, 0.1) is 13.0 Å². The minimum atomic E-state index is -0.188. The zero-order valence-electron chi connectivity index (χ0n) is 9.23. The molecule has 16 heavy (non-hydrogen) atoms. The van der Waals surface area contributed by atoms with E-state index < -0.39 is 0 Å². The number of aromatic nitrogens is 3. The zero-order valence-corrected chi connectivity index (χ0v) is 10.0. The summed E-state index contributed by atoms with van der Waals surface area (Å²) >= 11 is 5.13. The summed E-state index contributed by atoms with van der Waals surface area (Å²) in [7, 11) is 0. The molecule has 0 aromatic carbocycles. The summed E-state index contributed by atoms with van der Waals surface area (Å²) in [4.78, 5) is 11.2. The molecule has 0 unspecified atom stereocenters. The first-order valence-electron chi connectivity index (χ1n) is 5.53. The molecule has 1 aliphatic rings. The van der Waals surface area contributed by atoms with Crippen LogP contribution >= 0.6 is 12.2 Å². The molecule has 6 heteroatoms. The van der Waals surface area contributed by atoms with Gasteiger partial charge in [-0.3, -0.25) is 9.89 Å². The van der Waals surface area contributed by atoms with E-state index in [-0.39, 0.29) is 5.97 Å². The van der Waals surface area contributed by atoms with E-state index >= 15 is 0 Å². The molecule has 1 heterocycles. The number of hydrogen-bond acceptors (Lipinski definition) is 4. The van der Waals surface area contributed by atoms with Crippen molar-refractivity contribution < 1.29 is 9.53 Å². The van der Waals surface area contributed by atoms with Crippen molar-refractivity contribution in [3.8, 4) is 0 Å². The Kier molecular flexibility index (Phi) is 3.38. The number of nitrogens with zero attached hydrogens (tertiary/aromatic N) is 2. The lowest BCUT2D eigenvalue weighted by Crippen LogP contribution is -2.11. The number of ether oxygens (including phenoxy) is 1. The van der Waals surface area contributed by atoms with Gasteiger partial charge in [-0.25, -0.2) is 0 Å². The van der Waals surface area contributed by atoms with Gasteiger partial charge in [-0.15, -0.1) is 0 Å². The number of hydrogen-bond donors (Lipinski definition) is 1. The Morgan fingerprint density at radius 1 is 1.69 bits per heavy atom. The van der Waals surface area contributed by atoms with Crippen LogP contribution in [-0.2, 0) is 16.1 Å². The van der Waals surface area contributed by atoms with Crippen LogP contribution in [0.25, 0.3) is 0 Å². The third-order valence-corrected chi connectivity index (χ3v) is 2.89. The highest BCUT2D eigenvalue weighted by atomic mass is 32.1. The Morgan fingerprint density at radius 3 is 3.06 bits per heavy atom. The van der Waals surface area contributed by atoms with Crippen LogP contribution < -0.4 is 0 Å². The summed E-state index contributed by atoms with van der Waals surface area (Å²) in [6.45, 7) is 2.78. The molecular weight excluding hydrogens is 226 g/mol. The third-order valence-electron chi connectivity index (χ3n) is 2.58. The largest absolute Gasteiger partial charge is 0.466 e. The van der Waals surface area contributed by atoms with Crippen LogP contribution in [0.4, 0.5) is 0 Å². The molecule has 0 radical (unpaired) electrons. The summed E-state index contributed by atoms with van der Waals surface area (Å²) in [6, 6.07) is 0. The number of nitrogens with one attached hydrogen (secondary N) is 1. The number of carbonyl (C=O) groups is 1. The summed E-state index contributed by atoms with van der Waals surface area (Å²) in [5.74, 6) is 1.32. The van der Waals surface area contributed by atoms with Crippen LogP contribution in [0, 0.1) is 4.77 Å². The van der Waals surface area contributed by atoms with Gasteiger partial charge in [-0.05, 0) is 32.0 Å². The molecule has 0 aliphatic heterocycles. The monoisotopic (exact) mass is 241 g/mol. The maximum absolute atomic E-state index is 11.2. The Labute approximate surface area is 98.8 Å². The SMILES string of the molecule is CCOC(=O)CCn1c(C2CC2)n[nH]c1=S. The summed E-state index contributed by atoms with van der Waals surface area (Å²) in [6.07, 6.45) is 2.68. The number of esters is 1. The molecule has 0 atom stereocenters. The lowest BCUT2D eigenvalue weighted by molar-refractivity contribution is -0.143. The van der Waals surface area contributed by atoms with E-state index in [2.05, 4.69) is 10.2 Å². The van der Waals surface area contributed by atoms with E-state index in [1.807, 2.05) is 4.57 Å². The van der Waals surface area contributed by atoms with Gasteiger partial charge in [0.25, 0.3) is 0 Å². The van der Waals surface area contributed by atoms with Crippen molar-refractivity contribution >= 4 is 18.2 Å². The predicted molar refractivity (Wildman–Crippen MR) is 60.6 cm³/mol. The highest BCUT2D eigenvalue weighted by Crippen LogP contribution is 2.38. The number of rotatable bonds is 5. The van der Waals surface area contributed by atoms with E-state index in [9.17, 15) is 4.79 Å². The molecule has 0 saturated heterocycles. The summed E-state index contributed by atoms with van der Waals surface area (Å²) in [5, 5.41) is 6.97. The standard InChI is InChI=1S/C10H15N3O2S/c1-2-15-8(14)5-6-13-9(7-3-4-7)11-12-10(13)16/h7H,2-6H2,1H3,(H,12,16). The number of H-pyrrole nitrogens is 1. The Morgan fingerprint density at radius 2 is 2.44 bits per heavy atom. The maximum atomic E-state index is 11.2. The molecule has 2 rings (SSSR count). The highest BCUT2D eigenvalue weighted by molar-refractivity contribution is 7.71. The van der Waals surface area contributed by atoms with E-state index in [1.165, 1.54) is 12.8 Å². The topological polar surface area (TPSA) is 59.9 Å². The molecule has 1 N–H and O–H groups in total. The van der Waals surface area contributed by atoms with Gasteiger partial charge in [-0.2, -0.15) is 5.10 Å². The second kappa shape index (κ2) is 4.78. The van der Waals surface area contributed by atoms with Crippen molar-refractivity contribution in [2.24, 2.45) is 0 Å². The molecule has 1 aromatic heterocycles. The van der Waals surface area contributed by atoms with Crippen molar-refractivity contribution in [1.82, 2.24) is 14.8 Å². The third kappa shape index (κ3) is 2.49. The van der Waals surface area contributed by atoms with E-state index in [4.69, 9.17) is 17.0 Å². The highest BCUT2D eigenvalue weighted by Gasteiger charge is 2.29. The minimum Gasteiger partial charge on any atom is -0.466 e. The van der Waals surface area contributed by atoms with Crippen LogP contribution in [0.1, 0.15) is 37.9 Å². The van der Waals surface area contributed by atoms with Crippen LogP contribution in [0.15, 0.2) is 0 Å². The smallest absolute Gasteiger partial charge is 0.307 e. The minimum absolute atomic E-state index is 0.188. The summed E-state index contributed by atoms with van der Waals surface area (Å²) < 4.78 is 7.37. The fraction of sp³-hybridized carbons (Fsp3) is 0.700. The number of aromatic amines is 1. The second-order valence-corrected chi connectivity index (χ2v) is 4.25. The van der Waals surface area contributed by atoms with Gasteiger partial charge in [0.1, 0.15) is 5.82 Å². The Balaban J connectivity index is 2.00. The van der Waals surface area contributed by atoms with Crippen molar-refractivity contribution in [3.63, 3.8) is 0 Å². The van der Waals surface area contributed by atoms with Gasteiger partial charge in [-0.1, -0.05) is 0 Å². The average molecular weight is 241 g/mol. The Bertz CT molecular complexity index is 434. The molecule has 1 aromatic rings. The van der Waals surface area contributed by atoms with Crippen LogP contribution in [0.2, 0.25) is 0 Å². The van der Waals surface area contributed by atoms with Crippen molar-refractivity contribution in [2.45, 2.75) is 38.6 Å². The molecule has 0 bridgehead atoms. The molecule has 1 saturated carbocycles. The van der Waals surface area contributed by atoms with E-state index in [1.54, 1.807) is 6.92 Å². The molecule has 1 aliphatic carbocycles. The van der Waals surface area contributed by atoms with Gasteiger partial charge in [0.15, 0.2) is 4.77 Å². The van der Waals surface area contributed by atoms with Gasteiger partial charge in [0.2, 0.25) is 0 Å². The van der Waals surface area contributed by atoms with Crippen LogP contribution in [-0.4, -0.2) is 27.3 Å². The fourth-order valence-corrected chi connectivity index (χ4v) is 1.87. The van der Waals surface area contributed by atoms with Crippen molar-refractivity contribution in [3.05, 3.63) is 10.6 Å². The molecule has 0 spiro atoms. The fourth-order valence-electron chi connectivity index (χ4n) is 1.64. The number of carbonyl (C=O) groups excluding carboxylic acids is 1. The first-order chi connectivity index (χ1) is 7.72. The predicted octanol–water partition coefficient (Wildman–Crippen LogP) is 1.77. The first-order valence-corrected chi connectivity index (χ1v) is 5.94. The van der Waals surface area contributed by atoms with Gasteiger partial charge in [0, 0.05) is 12.5 Å². The first kappa shape index (κ1) is 11.3. The normalized spacial score (nSPS) is 15.1. The lowest BCUT2D eigenvalue weighted by Gasteiger charge is -2.05. The quantitative estimate of drug-likeness (QED) is 0.630. The second-order valence-electron chi connectivity index (χ2n) is 3.87. The molecule has 0 amide bonds. The van der Waals surface area contributed by atoms with Gasteiger partial charge >= 0.3 is 5.97 Å². The lowest BCUT2D eigenvalue weighted by atomic mass is 10.3. The molecule has 88 valence electrons. The molecule has 5 nitrogen and oxygen atoms in total. The van der Waals surface area contributed by atoms with Crippen molar-refractivity contribution in [2.75, 3.05) is 6.61 Å². The van der Waals surface area contributed by atoms with Crippen LogP contribution in [0.5, 0.6) is 0 Å². The van der Waals surface area contributed by atoms with Crippen molar-refractivity contribution in [1.29, 1.82) is 0 Å². The molecule has 1 fully saturated rings. The average Bonchev–Trinajstić information content (AvgIpc) is 3.02. The Hall–Kier alpha value is -1.17.